The fourth-order valence-corrected chi connectivity index (χ4v) is 0.999. The maximum atomic E-state index is 10.9. The first-order valence-corrected chi connectivity index (χ1v) is 4.32. The van der Waals surface area contributed by atoms with Crippen molar-refractivity contribution in [3.63, 3.8) is 0 Å². The number of amides is 1. The van der Waals surface area contributed by atoms with Gasteiger partial charge in [-0.1, -0.05) is 0 Å². The van der Waals surface area contributed by atoms with Crippen molar-refractivity contribution in [2.75, 3.05) is 13.1 Å². The lowest BCUT2D eigenvalue weighted by Crippen LogP contribution is -2.27. The second-order valence-corrected chi connectivity index (χ2v) is 2.72. The van der Waals surface area contributed by atoms with Crippen molar-refractivity contribution in [2.45, 2.75) is 12.8 Å². The minimum absolute atomic E-state index is 0.00550. The molecule has 13 heavy (non-hydrogen) atoms. The Labute approximate surface area is 77.1 Å². The Bertz CT molecular complexity index is 244. The number of carbonyl (C=O) groups excluding carboxylic acids is 1. The molecule has 0 aromatic carbocycles. The van der Waals surface area contributed by atoms with E-state index < -0.39 is 0 Å². The van der Waals surface area contributed by atoms with Gasteiger partial charge in [-0.05, 0) is 12.1 Å². The van der Waals surface area contributed by atoms with Gasteiger partial charge in [0.2, 0.25) is 5.91 Å². The van der Waals surface area contributed by atoms with E-state index in [-0.39, 0.29) is 5.91 Å². The van der Waals surface area contributed by atoms with Gasteiger partial charge in [0.1, 0.15) is 5.76 Å². The molecule has 4 nitrogen and oxygen atoms in total. The van der Waals surface area contributed by atoms with E-state index in [2.05, 4.69) is 5.32 Å². The smallest absolute Gasteiger partial charge is 0.221 e. The summed E-state index contributed by atoms with van der Waals surface area (Å²) >= 11 is 0. The summed E-state index contributed by atoms with van der Waals surface area (Å²) in [6, 6.07) is 3.71. The van der Waals surface area contributed by atoms with E-state index in [1.165, 1.54) is 0 Å². The lowest BCUT2D eigenvalue weighted by molar-refractivity contribution is -0.120. The Morgan fingerprint density at radius 3 is 3.08 bits per heavy atom. The molecule has 0 unspecified atom stereocenters. The summed E-state index contributed by atoms with van der Waals surface area (Å²) in [5, 5.41) is 2.74. The third-order valence-electron chi connectivity index (χ3n) is 1.65. The van der Waals surface area contributed by atoms with Gasteiger partial charge in [-0.2, -0.15) is 0 Å². The van der Waals surface area contributed by atoms with E-state index in [0.29, 0.717) is 19.5 Å². The van der Waals surface area contributed by atoms with Crippen molar-refractivity contribution in [3.8, 4) is 0 Å². The molecule has 0 saturated heterocycles. The normalized spacial score (nSPS) is 9.92. The molecule has 0 spiro atoms. The Morgan fingerprint density at radius 1 is 1.62 bits per heavy atom. The van der Waals surface area contributed by atoms with Crippen LogP contribution in [0.5, 0.6) is 0 Å². The zero-order chi connectivity index (χ0) is 9.52. The number of carbonyl (C=O) groups is 1. The summed E-state index contributed by atoms with van der Waals surface area (Å²) in [5.74, 6) is 0.877. The molecular weight excluding hydrogens is 168 g/mol. The molecule has 0 aliphatic heterocycles. The number of nitrogens with two attached hydrogens (primary N) is 1. The van der Waals surface area contributed by atoms with Crippen molar-refractivity contribution >= 4 is 5.91 Å². The molecule has 0 aliphatic rings. The van der Waals surface area contributed by atoms with E-state index in [9.17, 15) is 4.79 Å². The van der Waals surface area contributed by atoms with Gasteiger partial charge in [0, 0.05) is 25.9 Å². The highest BCUT2D eigenvalue weighted by atomic mass is 16.3. The minimum Gasteiger partial charge on any atom is -0.469 e. The predicted molar refractivity (Wildman–Crippen MR) is 49.1 cm³/mol. The highest BCUT2D eigenvalue weighted by Gasteiger charge is 1.99. The molecule has 1 aromatic rings. The summed E-state index contributed by atoms with van der Waals surface area (Å²) in [7, 11) is 0. The summed E-state index contributed by atoms with van der Waals surface area (Å²) in [5.41, 5.74) is 5.22. The molecule has 0 saturated carbocycles. The van der Waals surface area contributed by atoms with Crippen LogP contribution in [0.4, 0.5) is 0 Å². The molecule has 72 valence electrons. The zero-order valence-electron chi connectivity index (χ0n) is 7.45. The molecule has 0 atom stereocenters. The third kappa shape index (κ3) is 3.75. The van der Waals surface area contributed by atoms with Gasteiger partial charge in [-0.15, -0.1) is 0 Å². The van der Waals surface area contributed by atoms with Crippen molar-refractivity contribution in [1.82, 2.24) is 5.32 Å². The van der Waals surface area contributed by atoms with Gasteiger partial charge in [0.05, 0.1) is 6.26 Å². The van der Waals surface area contributed by atoms with Gasteiger partial charge in [-0.25, -0.2) is 0 Å². The standard InChI is InChI=1S/C9H14N2O2/c10-5-3-9(12)11-6-4-8-2-1-7-13-8/h1-2,7H,3-6,10H2,(H,11,12). The van der Waals surface area contributed by atoms with Crippen LogP contribution in [0.2, 0.25) is 0 Å². The molecule has 1 rings (SSSR count). The van der Waals surface area contributed by atoms with Crippen LogP contribution >= 0.6 is 0 Å². The van der Waals surface area contributed by atoms with E-state index in [1.807, 2.05) is 12.1 Å². The van der Waals surface area contributed by atoms with Crippen LogP contribution in [-0.4, -0.2) is 19.0 Å². The topological polar surface area (TPSA) is 68.3 Å². The Balaban J connectivity index is 2.11. The second kappa shape index (κ2) is 5.37. The molecule has 1 amide bonds. The molecule has 4 heteroatoms. The first-order valence-electron chi connectivity index (χ1n) is 4.32. The fraction of sp³-hybridized carbons (Fsp3) is 0.444. The van der Waals surface area contributed by atoms with Crippen molar-refractivity contribution < 1.29 is 9.21 Å². The maximum Gasteiger partial charge on any atom is 0.221 e. The summed E-state index contributed by atoms with van der Waals surface area (Å²) in [4.78, 5) is 10.9. The zero-order valence-corrected chi connectivity index (χ0v) is 7.45. The van der Waals surface area contributed by atoms with Crippen LogP contribution < -0.4 is 11.1 Å². The highest BCUT2D eigenvalue weighted by Crippen LogP contribution is 1.99. The average Bonchev–Trinajstić information content (AvgIpc) is 2.57. The third-order valence-corrected chi connectivity index (χ3v) is 1.65. The van der Waals surface area contributed by atoms with E-state index in [1.54, 1.807) is 6.26 Å². The van der Waals surface area contributed by atoms with Crippen LogP contribution in [0.25, 0.3) is 0 Å². The lowest BCUT2D eigenvalue weighted by Gasteiger charge is -2.01. The van der Waals surface area contributed by atoms with E-state index >= 15 is 0 Å². The molecule has 0 radical (unpaired) electrons. The van der Waals surface area contributed by atoms with Crippen molar-refractivity contribution in [2.24, 2.45) is 5.73 Å². The SMILES string of the molecule is NCCC(=O)NCCc1ccco1. The minimum atomic E-state index is -0.00550. The summed E-state index contributed by atoms with van der Waals surface area (Å²) in [6.07, 6.45) is 2.73. The van der Waals surface area contributed by atoms with E-state index in [0.717, 1.165) is 12.2 Å². The molecule has 3 N–H and O–H groups in total. The monoisotopic (exact) mass is 182 g/mol. The predicted octanol–water partition coefficient (Wildman–Crippen LogP) is 0.287. The summed E-state index contributed by atoms with van der Waals surface area (Å²) in [6.45, 7) is 0.999. The van der Waals surface area contributed by atoms with Gasteiger partial charge < -0.3 is 15.5 Å². The first kappa shape index (κ1) is 9.80. The van der Waals surface area contributed by atoms with Crippen molar-refractivity contribution in [1.29, 1.82) is 0 Å². The van der Waals surface area contributed by atoms with Gasteiger partial charge >= 0.3 is 0 Å². The number of hydrogen-bond donors (Lipinski definition) is 2. The maximum absolute atomic E-state index is 10.9. The number of nitrogens with one attached hydrogen (secondary N) is 1. The van der Waals surface area contributed by atoms with Gasteiger partial charge in [0.25, 0.3) is 0 Å². The van der Waals surface area contributed by atoms with Gasteiger partial charge in [0.15, 0.2) is 0 Å². The molecule has 0 fully saturated rings. The van der Waals surface area contributed by atoms with Crippen molar-refractivity contribution in [3.05, 3.63) is 24.2 Å². The van der Waals surface area contributed by atoms with Crippen LogP contribution in [0.3, 0.4) is 0 Å². The first-order chi connectivity index (χ1) is 6.33. The second-order valence-electron chi connectivity index (χ2n) is 2.72. The number of furan rings is 1. The van der Waals surface area contributed by atoms with E-state index in [4.69, 9.17) is 10.2 Å². The van der Waals surface area contributed by atoms with Crippen LogP contribution in [0.15, 0.2) is 22.8 Å². The molecule has 0 bridgehead atoms. The number of hydrogen-bond acceptors (Lipinski definition) is 3. The van der Waals surface area contributed by atoms with Crippen LogP contribution in [0.1, 0.15) is 12.2 Å². The van der Waals surface area contributed by atoms with Gasteiger partial charge in [-0.3, -0.25) is 4.79 Å². The molecule has 0 aliphatic carbocycles. The highest BCUT2D eigenvalue weighted by molar-refractivity contribution is 5.75. The average molecular weight is 182 g/mol. The number of rotatable bonds is 5. The fourth-order valence-electron chi connectivity index (χ4n) is 0.999. The lowest BCUT2D eigenvalue weighted by atomic mass is 10.3. The Kier molecular flexibility index (Phi) is 4.05. The van der Waals surface area contributed by atoms with Crippen LogP contribution in [-0.2, 0) is 11.2 Å². The van der Waals surface area contributed by atoms with Crippen LogP contribution in [0, 0.1) is 0 Å². The molecular formula is C9H14N2O2. The Hall–Kier alpha value is -1.29. The summed E-state index contributed by atoms with van der Waals surface area (Å²) < 4.78 is 5.10. The Morgan fingerprint density at radius 2 is 2.46 bits per heavy atom. The largest absolute Gasteiger partial charge is 0.469 e. The quantitative estimate of drug-likeness (QED) is 0.687. The molecule has 1 heterocycles. The molecule has 1 aromatic heterocycles.